The maximum absolute atomic E-state index is 12.8. The van der Waals surface area contributed by atoms with Gasteiger partial charge in [0.2, 0.25) is 0 Å². The van der Waals surface area contributed by atoms with Crippen LogP contribution in [0.5, 0.6) is 0 Å². The van der Waals surface area contributed by atoms with Crippen LogP contribution in [-0.4, -0.2) is 29.4 Å². The number of aliphatic hydroxyl groups is 1. The molecule has 1 N–H and O–H groups in total. The van der Waals surface area contributed by atoms with Crippen LogP contribution in [0.25, 0.3) is 0 Å². The van der Waals surface area contributed by atoms with Crippen LogP contribution in [-0.2, 0) is 20.9 Å². The summed E-state index contributed by atoms with van der Waals surface area (Å²) in [7, 11) is 0. The fourth-order valence-electron chi connectivity index (χ4n) is 9.31. The van der Waals surface area contributed by atoms with Gasteiger partial charge in [-0.3, -0.25) is 4.79 Å². The number of esters is 1. The third kappa shape index (κ3) is 4.06. The zero-order valence-electron chi connectivity index (χ0n) is 23.2. The molecule has 4 aliphatic carbocycles. The predicted molar refractivity (Wildman–Crippen MR) is 142 cm³/mol. The molecule has 4 nitrogen and oxygen atoms in total. The lowest BCUT2D eigenvalue weighted by atomic mass is 9.43. The fourth-order valence-corrected chi connectivity index (χ4v) is 9.31. The molecule has 1 aromatic carbocycles. The Balaban J connectivity index is 1.29. The Kier molecular flexibility index (Phi) is 6.86. The molecule has 36 heavy (non-hydrogen) atoms. The summed E-state index contributed by atoms with van der Waals surface area (Å²) in [6.45, 7) is 11.7. The van der Waals surface area contributed by atoms with E-state index in [1.807, 2.05) is 20.8 Å². The molecule has 1 aromatic rings. The Morgan fingerprint density at radius 1 is 0.972 bits per heavy atom. The Bertz CT molecular complexity index is 943. The Hall–Kier alpha value is -1.39. The van der Waals surface area contributed by atoms with Crippen molar-refractivity contribution in [2.45, 2.75) is 111 Å². The van der Waals surface area contributed by atoms with E-state index in [4.69, 9.17) is 9.47 Å². The smallest absolute Gasteiger partial charge is 0.314 e. The lowest BCUT2D eigenvalue weighted by Crippen LogP contribution is -2.60. The molecule has 0 unspecified atom stereocenters. The summed E-state index contributed by atoms with van der Waals surface area (Å²) in [5.74, 6) is 2.44. The van der Waals surface area contributed by atoms with Crippen LogP contribution in [0.1, 0.15) is 98.0 Å². The molecule has 0 heterocycles. The molecule has 0 spiro atoms. The number of hydrogen-bond acceptors (Lipinski definition) is 4. The van der Waals surface area contributed by atoms with Crippen LogP contribution in [0.15, 0.2) is 30.3 Å². The Morgan fingerprint density at radius 2 is 1.69 bits per heavy atom. The number of ether oxygens (including phenoxy) is 2. The zero-order chi connectivity index (χ0) is 25.8. The third-order valence-electron chi connectivity index (χ3n) is 11.9. The Labute approximate surface area is 218 Å². The van der Waals surface area contributed by atoms with Gasteiger partial charge in [-0.25, -0.2) is 0 Å². The minimum Gasteiger partial charge on any atom is -0.465 e. The predicted octanol–water partition coefficient (Wildman–Crippen LogP) is 6.93. The first-order chi connectivity index (χ1) is 17.0. The van der Waals surface area contributed by atoms with Gasteiger partial charge in [0, 0.05) is 0 Å². The highest BCUT2D eigenvalue weighted by molar-refractivity contribution is 5.77. The van der Waals surface area contributed by atoms with E-state index in [0.29, 0.717) is 25.0 Å². The van der Waals surface area contributed by atoms with Gasteiger partial charge in [-0.15, -0.1) is 0 Å². The SMILES string of the molecule is CCOC(=O)C(C)(C)[C@]1(O)CC[C@@]2(C)[C@@H](CC[C@@H]3[C@@H]2CC[C@]2(C)[C@@H](OCc4ccccc4)CC[C@@H]32)C1. The summed E-state index contributed by atoms with van der Waals surface area (Å²) in [6, 6.07) is 10.6. The Morgan fingerprint density at radius 3 is 2.42 bits per heavy atom. The third-order valence-corrected chi connectivity index (χ3v) is 11.9. The minimum atomic E-state index is -0.983. The van der Waals surface area contributed by atoms with E-state index >= 15 is 0 Å². The van der Waals surface area contributed by atoms with Crippen LogP contribution in [0, 0.1) is 39.9 Å². The van der Waals surface area contributed by atoms with Crippen LogP contribution in [0.3, 0.4) is 0 Å². The number of rotatable bonds is 6. The van der Waals surface area contributed by atoms with Gasteiger partial charge in [0.25, 0.3) is 0 Å². The number of hydrogen-bond donors (Lipinski definition) is 1. The molecule has 0 aromatic heterocycles. The van der Waals surface area contributed by atoms with Crippen molar-refractivity contribution in [2.75, 3.05) is 6.61 Å². The van der Waals surface area contributed by atoms with Gasteiger partial charge in [-0.05, 0) is 119 Å². The van der Waals surface area contributed by atoms with Crippen LogP contribution < -0.4 is 0 Å². The van der Waals surface area contributed by atoms with E-state index in [1.54, 1.807) is 0 Å². The molecule has 0 amide bonds. The summed E-state index contributed by atoms with van der Waals surface area (Å²) >= 11 is 0. The van der Waals surface area contributed by atoms with Gasteiger partial charge in [0.05, 0.1) is 30.3 Å². The second kappa shape index (κ2) is 9.42. The van der Waals surface area contributed by atoms with E-state index in [-0.39, 0.29) is 16.8 Å². The molecular weight excluding hydrogens is 448 g/mol. The quantitative estimate of drug-likeness (QED) is 0.434. The lowest BCUT2D eigenvalue weighted by molar-refractivity contribution is -0.200. The first-order valence-electron chi connectivity index (χ1n) is 14.6. The molecule has 5 rings (SSSR count). The average Bonchev–Trinajstić information content (AvgIpc) is 3.20. The number of carbonyl (C=O) groups excluding carboxylic acids is 1. The van der Waals surface area contributed by atoms with Crippen molar-refractivity contribution >= 4 is 5.97 Å². The summed E-state index contributed by atoms with van der Waals surface area (Å²) in [4.78, 5) is 12.8. The summed E-state index contributed by atoms with van der Waals surface area (Å²) in [6.07, 6.45) is 10.2. The van der Waals surface area contributed by atoms with Crippen molar-refractivity contribution in [2.24, 2.45) is 39.9 Å². The van der Waals surface area contributed by atoms with E-state index < -0.39 is 11.0 Å². The summed E-state index contributed by atoms with van der Waals surface area (Å²) < 4.78 is 12.0. The topological polar surface area (TPSA) is 55.8 Å². The van der Waals surface area contributed by atoms with Crippen molar-refractivity contribution in [1.82, 2.24) is 0 Å². The number of carbonyl (C=O) groups is 1. The van der Waals surface area contributed by atoms with Crippen LogP contribution in [0.4, 0.5) is 0 Å². The lowest BCUT2D eigenvalue weighted by Gasteiger charge is -2.63. The van der Waals surface area contributed by atoms with E-state index in [0.717, 1.165) is 37.2 Å². The summed E-state index contributed by atoms with van der Waals surface area (Å²) in [5, 5.41) is 11.8. The number of fused-ring (bicyclic) bond motifs is 5. The van der Waals surface area contributed by atoms with Gasteiger partial charge in [0.1, 0.15) is 0 Å². The second-order valence-corrected chi connectivity index (χ2v) is 13.6. The van der Waals surface area contributed by atoms with Crippen molar-refractivity contribution in [3.05, 3.63) is 35.9 Å². The number of benzene rings is 1. The van der Waals surface area contributed by atoms with Crippen LogP contribution in [0.2, 0.25) is 0 Å². The highest BCUT2D eigenvalue weighted by atomic mass is 16.5. The molecule has 0 saturated heterocycles. The molecule has 0 aliphatic heterocycles. The molecule has 4 heteroatoms. The van der Waals surface area contributed by atoms with Crippen molar-refractivity contribution < 1.29 is 19.4 Å². The van der Waals surface area contributed by atoms with Crippen molar-refractivity contribution in [3.63, 3.8) is 0 Å². The molecular formula is C32H48O4. The average molecular weight is 497 g/mol. The fraction of sp³-hybridized carbons (Fsp3) is 0.781. The molecule has 4 fully saturated rings. The van der Waals surface area contributed by atoms with Crippen molar-refractivity contribution in [1.29, 1.82) is 0 Å². The van der Waals surface area contributed by atoms with Crippen LogP contribution >= 0.6 is 0 Å². The second-order valence-electron chi connectivity index (χ2n) is 13.6. The molecule has 200 valence electrons. The maximum atomic E-state index is 12.8. The highest BCUT2D eigenvalue weighted by Gasteiger charge is 2.63. The molecule has 8 atom stereocenters. The van der Waals surface area contributed by atoms with Crippen molar-refractivity contribution in [3.8, 4) is 0 Å². The van der Waals surface area contributed by atoms with E-state index in [9.17, 15) is 9.90 Å². The van der Waals surface area contributed by atoms with Gasteiger partial charge >= 0.3 is 5.97 Å². The normalized spacial score (nSPS) is 42.2. The molecule has 0 bridgehead atoms. The first kappa shape index (κ1) is 26.2. The van der Waals surface area contributed by atoms with Gasteiger partial charge in [-0.1, -0.05) is 44.2 Å². The minimum absolute atomic E-state index is 0.254. The maximum Gasteiger partial charge on any atom is 0.314 e. The van der Waals surface area contributed by atoms with Gasteiger partial charge in [-0.2, -0.15) is 0 Å². The monoisotopic (exact) mass is 496 g/mol. The molecule has 4 saturated carbocycles. The highest BCUT2D eigenvalue weighted by Crippen LogP contribution is 2.68. The standard InChI is InChI=1S/C32H48O4/c1-6-35-28(33)29(2,3)32(34)19-18-30(4)23(20-32)12-13-24-25-14-15-27(31(25,5)17-16-26(24)30)36-21-22-10-8-7-9-11-22/h7-11,23-27,34H,6,12-21H2,1-5H3/t23-,24-,25-,26-,27-,30-,31-,32-/m0/s1. The van der Waals surface area contributed by atoms with Gasteiger partial charge < -0.3 is 14.6 Å². The van der Waals surface area contributed by atoms with E-state index in [2.05, 4.69) is 44.2 Å². The first-order valence-corrected chi connectivity index (χ1v) is 14.6. The zero-order valence-corrected chi connectivity index (χ0v) is 23.2. The largest absolute Gasteiger partial charge is 0.465 e. The summed E-state index contributed by atoms with van der Waals surface area (Å²) in [5.41, 5.74) is -0.0544. The van der Waals surface area contributed by atoms with E-state index in [1.165, 1.54) is 44.1 Å². The molecule has 4 aliphatic rings. The van der Waals surface area contributed by atoms with Gasteiger partial charge in [0.15, 0.2) is 0 Å². The molecule has 0 radical (unpaired) electrons.